The molecule has 0 aliphatic rings. The first-order valence-electron chi connectivity index (χ1n) is 5.57. The maximum absolute atomic E-state index is 8.60. The van der Waals surface area contributed by atoms with Crippen molar-refractivity contribution in [3.63, 3.8) is 0 Å². The zero-order valence-corrected chi connectivity index (χ0v) is 11.6. The Hall–Kier alpha value is -0.620. The van der Waals surface area contributed by atoms with E-state index in [2.05, 4.69) is 20.8 Å². The minimum Gasteiger partial charge on any atom is -0.394 e. The van der Waals surface area contributed by atoms with Crippen molar-refractivity contribution in [1.29, 1.82) is 0 Å². The summed E-state index contributed by atoms with van der Waals surface area (Å²) >= 11 is 3.43. The number of anilines is 1. The van der Waals surface area contributed by atoms with Crippen molar-refractivity contribution in [2.24, 2.45) is 5.73 Å². The topological polar surface area (TPSA) is 58.7 Å². The molecular weight excluding hydrogens is 284 g/mol. The zero-order valence-electron chi connectivity index (χ0n) is 10.0. The van der Waals surface area contributed by atoms with E-state index in [9.17, 15) is 0 Å². The highest BCUT2D eigenvalue weighted by Gasteiger charge is 2.06. The molecule has 17 heavy (non-hydrogen) atoms. The third-order valence-electron chi connectivity index (χ3n) is 2.48. The molecule has 96 valence electrons. The monoisotopic (exact) mass is 302 g/mol. The number of likely N-dealkylation sites (N-methyl/N-ethyl adjacent to an activating group) is 1. The minimum atomic E-state index is 0.0655. The maximum atomic E-state index is 8.60. The summed E-state index contributed by atoms with van der Waals surface area (Å²) < 4.78 is 6.27. The molecule has 0 heterocycles. The Labute approximate surface area is 110 Å². The van der Waals surface area contributed by atoms with Gasteiger partial charge < -0.3 is 20.5 Å². The van der Waals surface area contributed by atoms with Crippen molar-refractivity contribution in [2.75, 3.05) is 38.3 Å². The van der Waals surface area contributed by atoms with Crippen molar-refractivity contribution in [3.05, 3.63) is 28.2 Å². The van der Waals surface area contributed by atoms with Crippen LogP contribution in [0, 0.1) is 0 Å². The zero-order chi connectivity index (χ0) is 12.7. The Morgan fingerprint density at radius 3 is 2.82 bits per heavy atom. The number of hydrogen-bond acceptors (Lipinski definition) is 4. The summed E-state index contributed by atoms with van der Waals surface area (Å²) in [5, 5.41) is 8.60. The highest BCUT2D eigenvalue weighted by molar-refractivity contribution is 9.10. The number of aliphatic hydroxyl groups excluding tert-OH is 1. The first-order valence-corrected chi connectivity index (χ1v) is 6.36. The van der Waals surface area contributed by atoms with Gasteiger partial charge in [-0.25, -0.2) is 0 Å². The van der Waals surface area contributed by atoms with Crippen LogP contribution in [0.4, 0.5) is 5.69 Å². The van der Waals surface area contributed by atoms with E-state index in [-0.39, 0.29) is 6.61 Å². The summed E-state index contributed by atoms with van der Waals surface area (Å²) in [6.45, 7) is 2.33. The highest BCUT2D eigenvalue weighted by atomic mass is 79.9. The molecule has 0 aromatic heterocycles. The van der Waals surface area contributed by atoms with Crippen LogP contribution in [0.1, 0.15) is 5.56 Å². The summed E-state index contributed by atoms with van der Waals surface area (Å²) in [7, 11) is 2.00. The van der Waals surface area contributed by atoms with Crippen molar-refractivity contribution in [2.45, 2.75) is 6.54 Å². The molecule has 3 N–H and O–H groups in total. The van der Waals surface area contributed by atoms with Crippen LogP contribution in [0.25, 0.3) is 0 Å². The van der Waals surface area contributed by atoms with Gasteiger partial charge in [0.15, 0.2) is 0 Å². The predicted octanol–water partition coefficient (Wildman–Crippen LogP) is 1.35. The van der Waals surface area contributed by atoms with Gasteiger partial charge in [-0.3, -0.25) is 0 Å². The Bertz CT molecular complexity index is 347. The molecule has 0 atom stereocenters. The Morgan fingerprint density at radius 1 is 1.41 bits per heavy atom. The smallest absolute Gasteiger partial charge is 0.0698 e. The number of ether oxygens (including phenoxy) is 1. The molecule has 5 heteroatoms. The van der Waals surface area contributed by atoms with Crippen molar-refractivity contribution in [3.8, 4) is 0 Å². The number of halogens is 1. The number of benzene rings is 1. The average Bonchev–Trinajstić information content (AvgIpc) is 2.34. The quantitative estimate of drug-likeness (QED) is 0.747. The van der Waals surface area contributed by atoms with E-state index < -0.39 is 0 Å². The second kappa shape index (κ2) is 7.66. The Morgan fingerprint density at radius 2 is 2.18 bits per heavy atom. The standard InChI is InChI=1S/C12H19BrN2O2/c1-15(4-6-17-7-5-16)12-3-2-11(13)8-10(12)9-14/h2-3,8,16H,4-7,9,14H2,1H3. The first-order chi connectivity index (χ1) is 8.19. The lowest BCUT2D eigenvalue weighted by molar-refractivity contribution is 0.0971. The van der Waals surface area contributed by atoms with E-state index in [1.165, 1.54) is 0 Å². The number of aliphatic hydroxyl groups is 1. The lowest BCUT2D eigenvalue weighted by atomic mass is 10.1. The van der Waals surface area contributed by atoms with Crippen molar-refractivity contribution < 1.29 is 9.84 Å². The molecule has 1 rings (SSSR count). The summed E-state index contributed by atoms with van der Waals surface area (Å²) in [5.74, 6) is 0. The van der Waals surface area contributed by atoms with Crippen LogP contribution in [0.2, 0.25) is 0 Å². The molecule has 0 bridgehead atoms. The minimum absolute atomic E-state index is 0.0655. The lowest BCUT2D eigenvalue weighted by Gasteiger charge is -2.22. The summed E-state index contributed by atoms with van der Waals surface area (Å²) in [5.41, 5.74) is 7.94. The molecule has 0 fully saturated rings. The van der Waals surface area contributed by atoms with Crippen molar-refractivity contribution in [1.82, 2.24) is 0 Å². The molecule has 0 unspecified atom stereocenters. The van der Waals surface area contributed by atoms with Gasteiger partial charge in [-0.15, -0.1) is 0 Å². The SMILES string of the molecule is CN(CCOCCO)c1ccc(Br)cc1CN. The van der Waals surface area contributed by atoms with Crippen LogP contribution in [0.3, 0.4) is 0 Å². The molecule has 1 aromatic carbocycles. The largest absolute Gasteiger partial charge is 0.394 e. The lowest BCUT2D eigenvalue weighted by Crippen LogP contribution is -2.24. The van der Waals surface area contributed by atoms with E-state index in [4.69, 9.17) is 15.6 Å². The van der Waals surface area contributed by atoms with Crippen LogP contribution in [0.5, 0.6) is 0 Å². The van der Waals surface area contributed by atoms with Gasteiger partial charge in [0.25, 0.3) is 0 Å². The Balaban J connectivity index is 2.58. The van der Waals surface area contributed by atoms with E-state index in [0.717, 1.165) is 22.3 Å². The van der Waals surface area contributed by atoms with Crippen LogP contribution in [0.15, 0.2) is 22.7 Å². The third kappa shape index (κ3) is 4.63. The van der Waals surface area contributed by atoms with Crippen LogP contribution in [-0.2, 0) is 11.3 Å². The van der Waals surface area contributed by atoms with E-state index in [1.807, 2.05) is 25.2 Å². The molecule has 0 amide bonds. The van der Waals surface area contributed by atoms with Gasteiger partial charge in [0.05, 0.1) is 19.8 Å². The fourth-order valence-electron chi connectivity index (χ4n) is 1.58. The first kappa shape index (κ1) is 14.4. The summed E-state index contributed by atoms with van der Waals surface area (Å²) in [6, 6.07) is 6.07. The second-order valence-corrected chi connectivity index (χ2v) is 4.65. The van der Waals surface area contributed by atoms with Gasteiger partial charge in [-0.2, -0.15) is 0 Å². The van der Waals surface area contributed by atoms with Gasteiger partial charge in [-0.05, 0) is 23.8 Å². The number of hydrogen-bond donors (Lipinski definition) is 2. The maximum Gasteiger partial charge on any atom is 0.0698 e. The number of rotatable bonds is 7. The van der Waals surface area contributed by atoms with Gasteiger partial charge in [0.2, 0.25) is 0 Å². The molecule has 0 saturated carbocycles. The molecule has 0 aliphatic heterocycles. The fraction of sp³-hybridized carbons (Fsp3) is 0.500. The van der Waals surface area contributed by atoms with E-state index >= 15 is 0 Å². The number of nitrogens with zero attached hydrogens (tertiary/aromatic N) is 1. The molecule has 0 radical (unpaired) electrons. The highest BCUT2D eigenvalue weighted by Crippen LogP contribution is 2.23. The molecule has 1 aromatic rings. The fourth-order valence-corrected chi connectivity index (χ4v) is 1.99. The van der Waals surface area contributed by atoms with Crippen LogP contribution in [-0.4, -0.2) is 38.5 Å². The molecular formula is C12H19BrN2O2. The molecule has 0 saturated heterocycles. The van der Waals surface area contributed by atoms with E-state index in [0.29, 0.717) is 19.8 Å². The molecule has 0 aliphatic carbocycles. The normalized spacial score (nSPS) is 10.6. The second-order valence-electron chi connectivity index (χ2n) is 3.73. The molecule has 4 nitrogen and oxygen atoms in total. The predicted molar refractivity (Wildman–Crippen MR) is 73.2 cm³/mol. The summed E-state index contributed by atoms with van der Waals surface area (Å²) in [4.78, 5) is 2.10. The van der Waals surface area contributed by atoms with Crippen LogP contribution >= 0.6 is 15.9 Å². The van der Waals surface area contributed by atoms with Crippen molar-refractivity contribution >= 4 is 21.6 Å². The Kier molecular flexibility index (Phi) is 6.50. The van der Waals surface area contributed by atoms with Gasteiger partial charge in [0, 0.05) is 30.3 Å². The van der Waals surface area contributed by atoms with E-state index in [1.54, 1.807) is 0 Å². The van der Waals surface area contributed by atoms with Gasteiger partial charge >= 0.3 is 0 Å². The van der Waals surface area contributed by atoms with Gasteiger partial charge in [0.1, 0.15) is 0 Å². The van der Waals surface area contributed by atoms with Gasteiger partial charge in [-0.1, -0.05) is 15.9 Å². The van der Waals surface area contributed by atoms with Crippen LogP contribution < -0.4 is 10.6 Å². The average molecular weight is 303 g/mol. The summed E-state index contributed by atoms with van der Waals surface area (Å²) in [6.07, 6.45) is 0. The number of nitrogens with two attached hydrogens (primary N) is 1. The third-order valence-corrected chi connectivity index (χ3v) is 2.97. The molecule has 0 spiro atoms.